The molecule has 0 amide bonds. The van der Waals surface area contributed by atoms with E-state index in [0.717, 1.165) is 0 Å². The quantitative estimate of drug-likeness (QED) is 0.446. The van der Waals surface area contributed by atoms with Gasteiger partial charge in [0.2, 0.25) is 5.79 Å². The van der Waals surface area contributed by atoms with E-state index in [9.17, 15) is 15.0 Å². The number of hydrogen-bond acceptors (Lipinski definition) is 5. The van der Waals surface area contributed by atoms with Crippen LogP contribution in [0.5, 0.6) is 5.75 Å². The van der Waals surface area contributed by atoms with Crippen molar-refractivity contribution in [3.63, 3.8) is 0 Å². The van der Waals surface area contributed by atoms with E-state index in [1.165, 1.54) is 6.92 Å². The first kappa shape index (κ1) is 14.2. The summed E-state index contributed by atoms with van der Waals surface area (Å²) in [6, 6.07) is 8.68. The zero-order chi connectivity index (χ0) is 13.6. The molecule has 0 spiro atoms. The summed E-state index contributed by atoms with van der Waals surface area (Å²) < 4.78 is 9.79. The van der Waals surface area contributed by atoms with Crippen molar-refractivity contribution in [2.24, 2.45) is 0 Å². The Bertz CT molecular complexity index is 411. The minimum atomic E-state index is -2.24. The molecule has 5 nitrogen and oxygen atoms in total. The first-order valence-electron chi connectivity index (χ1n) is 5.36. The third kappa shape index (κ3) is 4.99. The minimum Gasteiger partial charge on any atom is -0.488 e. The molecule has 0 unspecified atom stereocenters. The van der Waals surface area contributed by atoms with Gasteiger partial charge in [-0.05, 0) is 19.1 Å². The number of para-hydroxylation sites is 1. The van der Waals surface area contributed by atoms with Gasteiger partial charge >= 0.3 is 5.97 Å². The summed E-state index contributed by atoms with van der Waals surface area (Å²) in [7, 11) is 0. The zero-order valence-electron chi connectivity index (χ0n) is 10.1. The van der Waals surface area contributed by atoms with Gasteiger partial charge in [0.1, 0.15) is 19.0 Å². The molecule has 0 saturated carbocycles. The zero-order valence-corrected chi connectivity index (χ0v) is 10.1. The van der Waals surface area contributed by atoms with E-state index in [1.54, 1.807) is 24.3 Å². The monoisotopic (exact) mass is 252 g/mol. The fourth-order valence-electron chi connectivity index (χ4n) is 1.06. The Labute approximate surface area is 105 Å². The summed E-state index contributed by atoms with van der Waals surface area (Å²) in [6.45, 7) is 3.87. The maximum atomic E-state index is 11.1. The Hall–Kier alpha value is -1.85. The molecular weight excluding hydrogens is 236 g/mol. The lowest BCUT2D eigenvalue weighted by molar-refractivity contribution is -0.213. The van der Waals surface area contributed by atoms with E-state index in [0.29, 0.717) is 5.75 Å². The van der Waals surface area contributed by atoms with Crippen molar-refractivity contribution in [2.75, 3.05) is 13.2 Å². The molecule has 0 aliphatic heterocycles. The number of rotatable bonds is 6. The third-order valence-corrected chi connectivity index (χ3v) is 2.00. The van der Waals surface area contributed by atoms with Gasteiger partial charge in [-0.25, -0.2) is 4.79 Å². The van der Waals surface area contributed by atoms with Gasteiger partial charge in [-0.2, -0.15) is 0 Å². The highest BCUT2D eigenvalue weighted by Gasteiger charge is 2.26. The molecular formula is C13H16O5. The first-order valence-corrected chi connectivity index (χ1v) is 5.36. The number of esters is 1. The van der Waals surface area contributed by atoms with E-state index < -0.39 is 25.0 Å². The number of carbonyl (C=O) groups excluding carboxylic acids is 1. The molecule has 1 aromatic carbocycles. The first-order chi connectivity index (χ1) is 8.41. The second kappa shape index (κ2) is 6.18. The Kier molecular flexibility index (Phi) is 4.88. The molecule has 0 aliphatic carbocycles. The van der Waals surface area contributed by atoms with E-state index in [2.05, 4.69) is 11.3 Å². The van der Waals surface area contributed by atoms with Crippen molar-refractivity contribution in [1.82, 2.24) is 0 Å². The summed E-state index contributed by atoms with van der Waals surface area (Å²) in [4.78, 5) is 11.1. The SMILES string of the molecule is C=C(C)C(=O)OCC(O)(O)COc1ccccc1. The summed E-state index contributed by atoms with van der Waals surface area (Å²) in [6.07, 6.45) is 0. The Morgan fingerprint density at radius 3 is 2.44 bits per heavy atom. The summed E-state index contributed by atoms with van der Waals surface area (Å²) in [5.74, 6) is -2.42. The number of aliphatic hydroxyl groups is 2. The average molecular weight is 252 g/mol. The molecule has 0 heterocycles. The van der Waals surface area contributed by atoms with Crippen LogP contribution in [-0.2, 0) is 9.53 Å². The molecule has 18 heavy (non-hydrogen) atoms. The highest BCUT2D eigenvalue weighted by atomic mass is 16.6. The smallest absolute Gasteiger partial charge is 0.333 e. The van der Waals surface area contributed by atoms with E-state index in [4.69, 9.17) is 4.74 Å². The van der Waals surface area contributed by atoms with Gasteiger partial charge in [0, 0.05) is 5.57 Å². The van der Waals surface area contributed by atoms with Gasteiger partial charge < -0.3 is 19.7 Å². The number of benzene rings is 1. The number of hydrogen-bond donors (Lipinski definition) is 2. The van der Waals surface area contributed by atoms with Gasteiger partial charge in [-0.3, -0.25) is 0 Å². The molecule has 2 N–H and O–H groups in total. The van der Waals surface area contributed by atoms with E-state index >= 15 is 0 Å². The van der Waals surface area contributed by atoms with Crippen LogP contribution in [0.3, 0.4) is 0 Å². The minimum absolute atomic E-state index is 0.190. The fourth-order valence-corrected chi connectivity index (χ4v) is 1.06. The summed E-state index contributed by atoms with van der Waals surface area (Å²) >= 11 is 0. The molecule has 0 fully saturated rings. The van der Waals surface area contributed by atoms with Crippen LogP contribution in [0.2, 0.25) is 0 Å². The normalized spacial score (nSPS) is 10.8. The van der Waals surface area contributed by atoms with E-state index in [-0.39, 0.29) is 5.57 Å². The van der Waals surface area contributed by atoms with Crippen LogP contribution in [-0.4, -0.2) is 35.2 Å². The maximum absolute atomic E-state index is 11.1. The lowest BCUT2D eigenvalue weighted by Crippen LogP contribution is -2.41. The molecule has 98 valence electrons. The molecule has 5 heteroatoms. The highest BCUT2D eigenvalue weighted by molar-refractivity contribution is 5.86. The topological polar surface area (TPSA) is 76.0 Å². The second-order valence-corrected chi connectivity index (χ2v) is 3.94. The van der Waals surface area contributed by atoms with Crippen LogP contribution in [0.25, 0.3) is 0 Å². The molecule has 0 saturated heterocycles. The standard InChI is InChI=1S/C13H16O5/c1-10(2)12(14)18-9-13(15,16)8-17-11-6-4-3-5-7-11/h3-7,15-16H,1,8-9H2,2H3. The summed E-state index contributed by atoms with van der Waals surface area (Å²) in [5, 5.41) is 19.1. The highest BCUT2D eigenvalue weighted by Crippen LogP contribution is 2.11. The predicted molar refractivity (Wildman–Crippen MR) is 64.9 cm³/mol. The van der Waals surface area contributed by atoms with Crippen LogP contribution >= 0.6 is 0 Å². The number of ether oxygens (including phenoxy) is 2. The molecule has 0 bridgehead atoms. The van der Waals surface area contributed by atoms with Crippen molar-refractivity contribution in [2.45, 2.75) is 12.7 Å². The van der Waals surface area contributed by atoms with Crippen molar-refractivity contribution in [3.8, 4) is 5.75 Å². The number of carbonyl (C=O) groups is 1. The van der Waals surface area contributed by atoms with Crippen LogP contribution in [0.15, 0.2) is 42.5 Å². The van der Waals surface area contributed by atoms with Crippen molar-refractivity contribution < 1.29 is 24.5 Å². The third-order valence-electron chi connectivity index (χ3n) is 2.00. The van der Waals surface area contributed by atoms with Gasteiger partial charge in [0.15, 0.2) is 0 Å². The van der Waals surface area contributed by atoms with Gasteiger partial charge in [0.25, 0.3) is 0 Å². The second-order valence-electron chi connectivity index (χ2n) is 3.94. The lowest BCUT2D eigenvalue weighted by Gasteiger charge is -2.21. The van der Waals surface area contributed by atoms with Crippen molar-refractivity contribution in [3.05, 3.63) is 42.5 Å². The van der Waals surface area contributed by atoms with E-state index in [1.807, 2.05) is 6.07 Å². The van der Waals surface area contributed by atoms with Crippen molar-refractivity contribution >= 4 is 5.97 Å². The van der Waals surface area contributed by atoms with Gasteiger partial charge in [-0.1, -0.05) is 24.8 Å². The Balaban J connectivity index is 2.40. The largest absolute Gasteiger partial charge is 0.488 e. The predicted octanol–water partition coefficient (Wildman–Crippen LogP) is 0.866. The molecule has 0 aromatic heterocycles. The van der Waals surface area contributed by atoms with Gasteiger partial charge in [0.05, 0.1) is 0 Å². The Morgan fingerprint density at radius 1 is 1.28 bits per heavy atom. The van der Waals surface area contributed by atoms with Crippen LogP contribution in [0.1, 0.15) is 6.92 Å². The Morgan fingerprint density at radius 2 is 1.89 bits per heavy atom. The fraction of sp³-hybridized carbons (Fsp3) is 0.308. The molecule has 1 rings (SSSR count). The molecule has 1 aromatic rings. The van der Waals surface area contributed by atoms with Crippen molar-refractivity contribution in [1.29, 1.82) is 0 Å². The summed E-state index contributed by atoms with van der Waals surface area (Å²) in [5.41, 5.74) is 0.190. The van der Waals surface area contributed by atoms with Crippen LogP contribution < -0.4 is 4.74 Å². The molecule has 0 radical (unpaired) electrons. The maximum Gasteiger partial charge on any atom is 0.333 e. The van der Waals surface area contributed by atoms with Gasteiger partial charge in [-0.15, -0.1) is 0 Å². The van der Waals surface area contributed by atoms with Crippen LogP contribution in [0, 0.1) is 0 Å². The molecule has 0 aliphatic rings. The average Bonchev–Trinajstić information content (AvgIpc) is 2.35. The van der Waals surface area contributed by atoms with Crippen LogP contribution in [0.4, 0.5) is 0 Å². The lowest BCUT2D eigenvalue weighted by atomic mass is 10.3. The molecule has 0 atom stereocenters.